The standard InChI is InChI=1S/C26H42N8O6/c1-15(2)13-19(33-22(36)17(27)10-11-21(28)35)24(38)32-18(9-6-12-31-26(29)30)23(37)34-20(25(39)40)14-16-7-4-3-5-8-16/h3-5,7-8,15,17-20H,6,9-14,27H2,1-2H3,(H2,28,35)(H,32,38)(H,33,36)(H,34,37)(H,39,40)(H4,29,30,31). The molecule has 1 aromatic rings. The highest BCUT2D eigenvalue weighted by Gasteiger charge is 2.30. The summed E-state index contributed by atoms with van der Waals surface area (Å²) in [7, 11) is 0. The fourth-order valence-electron chi connectivity index (χ4n) is 3.78. The van der Waals surface area contributed by atoms with Crippen LogP contribution in [0.15, 0.2) is 35.3 Å². The van der Waals surface area contributed by atoms with Gasteiger partial charge in [0.05, 0.1) is 6.04 Å². The maximum absolute atomic E-state index is 13.3. The van der Waals surface area contributed by atoms with Gasteiger partial charge in [0.1, 0.15) is 18.1 Å². The first-order valence-corrected chi connectivity index (χ1v) is 13.1. The molecule has 0 saturated carbocycles. The first kappa shape index (κ1) is 33.8. The number of aliphatic carboxylic acids is 1. The lowest BCUT2D eigenvalue weighted by Gasteiger charge is -2.26. The van der Waals surface area contributed by atoms with Crippen LogP contribution in [0.25, 0.3) is 0 Å². The third kappa shape index (κ3) is 13.6. The fraction of sp³-hybridized carbons (Fsp3) is 0.538. The molecular formula is C26H42N8O6. The van der Waals surface area contributed by atoms with E-state index in [-0.39, 0.29) is 50.5 Å². The van der Waals surface area contributed by atoms with Crippen molar-refractivity contribution in [1.82, 2.24) is 16.0 Å². The number of guanidine groups is 1. The van der Waals surface area contributed by atoms with Gasteiger partial charge in [0.2, 0.25) is 23.6 Å². The minimum absolute atomic E-state index is 0.00496. The van der Waals surface area contributed by atoms with Crippen LogP contribution in [0.1, 0.15) is 51.5 Å². The summed E-state index contributed by atoms with van der Waals surface area (Å²) in [6, 6.07) is 4.28. The normalized spacial score (nSPS) is 13.8. The van der Waals surface area contributed by atoms with Gasteiger partial charge in [-0.25, -0.2) is 4.79 Å². The number of amides is 4. The SMILES string of the molecule is CC(C)CC(NC(=O)C(N)CCC(N)=O)C(=O)NC(CCCN=C(N)N)C(=O)NC(Cc1ccccc1)C(=O)O. The van der Waals surface area contributed by atoms with Gasteiger partial charge in [0.15, 0.2) is 5.96 Å². The van der Waals surface area contributed by atoms with Crippen molar-refractivity contribution in [3.8, 4) is 0 Å². The average Bonchev–Trinajstić information content (AvgIpc) is 2.87. The number of nitrogens with two attached hydrogens (primary N) is 4. The van der Waals surface area contributed by atoms with Gasteiger partial charge in [-0.3, -0.25) is 24.2 Å². The average molecular weight is 563 g/mol. The van der Waals surface area contributed by atoms with E-state index in [1.165, 1.54) is 0 Å². The summed E-state index contributed by atoms with van der Waals surface area (Å²) in [5.41, 5.74) is 22.4. The number of carboxylic acid groups (broad SMARTS) is 1. The number of carbonyl (C=O) groups is 5. The van der Waals surface area contributed by atoms with Crippen molar-refractivity contribution < 1.29 is 29.1 Å². The predicted molar refractivity (Wildman–Crippen MR) is 149 cm³/mol. The number of hydrogen-bond acceptors (Lipinski definition) is 7. The third-order valence-electron chi connectivity index (χ3n) is 5.85. The Balaban J connectivity index is 3.06. The molecule has 1 aromatic carbocycles. The molecule has 0 aliphatic rings. The van der Waals surface area contributed by atoms with E-state index in [1.807, 2.05) is 13.8 Å². The molecule has 0 aliphatic heterocycles. The van der Waals surface area contributed by atoms with Crippen molar-refractivity contribution in [2.45, 2.75) is 76.5 Å². The minimum Gasteiger partial charge on any atom is -0.480 e. The van der Waals surface area contributed by atoms with Crippen LogP contribution in [0.2, 0.25) is 0 Å². The van der Waals surface area contributed by atoms with E-state index >= 15 is 0 Å². The van der Waals surface area contributed by atoms with Gasteiger partial charge in [-0.15, -0.1) is 0 Å². The molecule has 4 amide bonds. The summed E-state index contributed by atoms with van der Waals surface area (Å²) in [4.78, 5) is 65.9. The zero-order chi connectivity index (χ0) is 30.2. The maximum atomic E-state index is 13.3. The monoisotopic (exact) mass is 562 g/mol. The topological polar surface area (TPSA) is 258 Å². The van der Waals surface area contributed by atoms with Crippen LogP contribution in [-0.4, -0.2) is 71.4 Å². The summed E-state index contributed by atoms with van der Waals surface area (Å²) in [5.74, 6) is -4.01. The van der Waals surface area contributed by atoms with Crippen molar-refractivity contribution >= 4 is 35.6 Å². The molecule has 4 atom stereocenters. The maximum Gasteiger partial charge on any atom is 0.326 e. The number of hydrogen-bond donors (Lipinski definition) is 8. The van der Waals surface area contributed by atoms with E-state index < -0.39 is 53.8 Å². The Kier molecular flexibility index (Phi) is 14.7. The molecule has 0 heterocycles. The minimum atomic E-state index is -1.25. The number of nitrogens with zero attached hydrogens (tertiary/aromatic N) is 1. The highest BCUT2D eigenvalue weighted by molar-refractivity contribution is 5.94. The van der Waals surface area contributed by atoms with E-state index in [1.54, 1.807) is 30.3 Å². The predicted octanol–water partition coefficient (Wildman–Crippen LogP) is -1.54. The first-order chi connectivity index (χ1) is 18.8. The summed E-state index contributed by atoms with van der Waals surface area (Å²) in [5, 5.41) is 17.4. The number of rotatable bonds is 18. The second-order valence-corrected chi connectivity index (χ2v) is 9.90. The molecule has 4 unspecified atom stereocenters. The number of benzene rings is 1. The van der Waals surface area contributed by atoms with Crippen LogP contribution in [0.3, 0.4) is 0 Å². The van der Waals surface area contributed by atoms with Gasteiger partial charge >= 0.3 is 5.97 Å². The van der Waals surface area contributed by atoms with Gasteiger partial charge in [0.25, 0.3) is 0 Å². The van der Waals surface area contributed by atoms with Crippen LogP contribution in [-0.2, 0) is 30.4 Å². The van der Waals surface area contributed by atoms with E-state index in [9.17, 15) is 29.1 Å². The Bertz CT molecular complexity index is 1030. The van der Waals surface area contributed by atoms with E-state index in [2.05, 4.69) is 20.9 Å². The second-order valence-electron chi connectivity index (χ2n) is 9.90. The molecule has 0 fully saturated rings. The lowest BCUT2D eigenvalue weighted by molar-refractivity contribution is -0.142. The third-order valence-corrected chi connectivity index (χ3v) is 5.85. The van der Waals surface area contributed by atoms with Crippen LogP contribution < -0.4 is 38.9 Å². The van der Waals surface area contributed by atoms with Crippen LogP contribution >= 0.6 is 0 Å². The molecule has 0 radical (unpaired) electrons. The Morgan fingerprint density at radius 3 is 1.98 bits per heavy atom. The Morgan fingerprint density at radius 2 is 1.43 bits per heavy atom. The lowest BCUT2D eigenvalue weighted by Crippen LogP contribution is -2.57. The summed E-state index contributed by atoms with van der Waals surface area (Å²) < 4.78 is 0. The fourth-order valence-corrected chi connectivity index (χ4v) is 3.78. The molecule has 0 spiro atoms. The van der Waals surface area contributed by atoms with Gasteiger partial charge in [-0.1, -0.05) is 44.2 Å². The zero-order valence-corrected chi connectivity index (χ0v) is 23.0. The zero-order valence-electron chi connectivity index (χ0n) is 23.0. The number of carboxylic acids is 1. The van der Waals surface area contributed by atoms with E-state index in [0.29, 0.717) is 12.0 Å². The molecule has 0 aromatic heterocycles. The molecule has 14 heteroatoms. The van der Waals surface area contributed by atoms with Crippen LogP contribution in [0.4, 0.5) is 0 Å². The second kappa shape index (κ2) is 17.4. The largest absolute Gasteiger partial charge is 0.480 e. The first-order valence-electron chi connectivity index (χ1n) is 13.1. The van der Waals surface area contributed by atoms with Crippen molar-refractivity contribution in [3.05, 3.63) is 35.9 Å². The highest BCUT2D eigenvalue weighted by Crippen LogP contribution is 2.09. The Hall–Kier alpha value is -4.20. The number of aliphatic imine (C=N–C) groups is 1. The number of nitrogens with one attached hydrogen (secondary N) is 3. The van der Waals surface area contributed by atoms with Gasteiger partial charge in [-0.2, -0.15) is 0 Å². The van der Waals surface area contributed by atoms with Gasteiger partial charge in [0, 0.05) is 19.4 Å². The molecule has 0 saturated heterocycles. The number of carbonyl (C=O) groups excluding carboxylic acids is 4. The van der Waals surface area contributed by atoms with Gasteiger partial charge in [-0.05, 0) is 37.2 Å². The van der Waals surface area contributed by atoms with Crippen LogP contribution in [0.5, 0.6) is 0 Å². The van der Waals surface area contributed by atoms with Crippen molar-refractivity contribution in [1.29, 1.82) is 0 Å². The summed E-state index contributed by atoms with van der Waals surface area (Å²) in [6.45, 7) is 3.87. The molecule has 0 bridgehead atoms. The van der Waals surface area contributed by atoms with E-state index in [4.69, 9.17) is 22.9 Å². The Labute approximate surface area is 233 Å². The quantitative estimate of drug-likeness (QED) is 0.0585. The summed E-state index contributed by atoms with van der Waals surface area (Å²) >= 11 is 0. The molecule has 0 aliphatic carbocycles. The number of primary amides is 1. The molecule has 222 valence electrons. The summed E-state index contributed by atoms with van der Waals surface area (Å²) in [6.07, 6.45) is 0.560. The molecule has 1 rings (SSSR count). The molecule has 40 heavy (non-hydrogen) atoms. The van der Waals surface area contributed by atoms with Crippen molar-refractivity contribution in [2.24, 2.45) is 33.8 Å². The molecule has 14 nitrogen and oxygen atoms in total. The van der Waals surface area contributed by atoms with Crippen LogP contribution in [0, 0.1) is 5.92 Å². The Morgan fingerprint density at radius 1 is 0.850 bits per heavy atom. The van der Waals surface area contributed by atoms with Gasteiger partial charge < -0.3 is 44.0 Å². The molecular weight excluding hydrogens is 520 g/mol. The lowest BCUT2D eigenvalue weighted by atomic mass is 10.0. The highest BCUT2D eigenvalue weighted by atomic mass is 16.4. The van der Waals surface area contributed by atoms with E-state index in [0.717, 1.165) is 0 Å². The van der Waals surface area contributed by atoms with Crippen molar-refractivity contribution in [2.75, 3.05) is 6.54 Å². The molecule has 12 N–H and O–H groups in total. The smallest absolute Gasteiger partial charge is 0.326 e. The van der Waals surface area contributed by atoms with Crippen molar-refractivity contribution in [3.63, 3.8) is 0 Å².